The molecule has 0 spiro atoms. The number of hydrogen-bond donors (Lipinski definition) is 1. The van der Waals surface area contributed by atoms with Crippen molar-refractivity contribution >= 4 is 23.3 Å². The van der Waals surface area contributed by atoms with Crippen molar-refractivity contribution in [1.82, 2.24) is 14.9 Å². The number of piperidine rings is 1. The Morgan fingerprint density at radius 3 is 3.00 bits per heavy atom. The summed E-state index contributed by atoms with van der Waals surface area (Å²) in [7, 11) is 0. The quantitative estimate of drug-likeness (QED) is 0.869. The van der Waals surface area contributed by atoms with Gasteiger partial charge in [-0.15, -0.1) is 12.4 Å². The van der Waals surface area contributed by atoms with Crippen molar-refractivity contribution in [1.29, 1.82) is 0 Å². The highest BCUT2D eigenvalue weighted by atomic mass is 35.5. The molecule has 2 heterocycles. The number of hydrogen-bond acceptors (Lipinski definition) is 3. The summed E-state index contributed by atoms with van der Waals surface area (Å²) in [6.07, 6.45) is 3.56. The molecule has 1 saturated heterocycles. The van der Waals surface area contributed by atoms with E-state index in [1.165, 1.54) is 18.2 Å². The smallest absolute Gasteiger partial charge is 0.261 e. The molecule has 0 amide bonds. The molecular weight excluding hydrogens is 269 g/mol. The average molecular weight is 284 g/mol. The van der Waals surface area contributed by atoms with Crippen LogP contribution in [0.3, 0.4) is 0 Å². The fourth-order valence-corrected chi connectivity index (χ4v) is 2.44. The third-order valence-electron chi connectivity index (χ3n) is 3.41. The van der Waals surface area contributed by atoms with Crippen LogP contribution < -0.4 is 10.9 Å². The molecule has 1 fully saturated rings. The molecule has 0 radical (unpaired) electrons. The molecule has 4 nitrogen and oxygen atoms in total. The molecule has 0 saturated carbocycles. The predicted octanol–water partition coefficient (Wildman–Crippen LogP) is 1.88. The van der Waals surface area contributed by atoms with Gasteiger partial charge in [-0.2, -0.15) is 0 Å². The van der Waals surface area contributed by atoms with Crippen LogP contribution in [0.2, 0.25) is 0 Å². The van der Waals surface area contributed by atoms with E-state index in [2.05, 4.69) is 10.3 Å². The minimum absolute atomic E-state index is 0. The van der Waals surface area contributed by atoms with E-state index in [0.717, 1.165) is 25.9 Å². The Kier molecular flexibility index (Phi) is 4.17. The Balaban J connectivity index is 0.00000133. The Hall–Kier alpha value is -1.46. The van der Waals surface area contributed by atoms with Crippen molar-refractivity contribution in [3.8, 4) is 0 Å². The van der Waals surface area contributed by atoms with Crippen LogP contribution in [0.4, 0.5) is 4.39 Å². The van der Waals surface area contributed by atoms with E-state index < -0.39 is 5.82 Å². The topological polar surface area (TPSA) is 46.9 Å². The summed E-state index contributed by atoms with van der Waals surface area (Å²) in [5.41, 5.74) is 0.384. The number of rotatable bonds is 1. The molecule has 0 bridgehead atoms. The van der Waals surface area contributed by atoms with E-state index in [-0.39, 0.29) is 24.0 Å². The number of nitrogens with one attached hydrogen (secondary N) is 1. The highest BCUT2D eigenvalue weighted by Crippen LogP contribution is 2.16. The lowest BCUT2D eigenvalue weighted by Gasteiger charge is -2.24. The Morgan fingerprint density at radius 2 is 2.26 bits per heavy atom. The summed E-state index contributed by atoms with van der Waals surface area (Å²) < 4.78 is 14.8. The average Bonchev–Trinajstić information content (AvgIpc) is 2.41. The first-order valence-electron chi connectivity index (χ1n) is 6.13. The fourth-order valence-electron chi connectivity index (χ4n) is 2.44. The minimum Gasteiger partial charge on any atom is -0.315 e. The van der Waals surface area contributed by atoms with Crippen LogP contribution in [0.1, 0.15) is 18.9 Å². The van der Waals surface area contributed by atoms with E-state index in [1.54, 1.807) is 10.9 Å². The molecule has 0 aliphatic carbocycles. The first kappa shape index (κ1) is 14.0. The van der Waals surface area contributed by atoms with Gasteiger partial charge in [0, 0.05) is 6.54 Å². The highest BCUT2D eigenvalue weighted by Gasteiger charge is 2.17. The lowest BCUT2D eigenvalue weighted by molar-refractivity contribution is 0.363. The first-order valence-corrected chi connectivity index (χ1v) is 6.13. The van der Waals surface area contributed by atoms with Crippen molar-refractivity contribution in [3.63, 3.8) is 0 Å². The van der Waals surface area contributed by atoms with Gasteiger partial charge < -0.3 is 5.32 Å². The van der Waals surface area contributed by atoms with Crippen LogP contribution in [-0.2, 0) is 0 Å². The number of fused-ring (bicyclic) bond motifs is 1. The van der Waals surface area contributed by atoms with Gasteiger partial charge in [-0.3, -0.25) is 9.36 Å². The van der Waals surface area contributed by atoms with Crippen LogP contribution in [-0.4, -0.2) is 22.6 Å². The van der Waals surface area contributed by atoms with Crippen molar-refractivity contribution in [2.75, 3.05) is 13.1 Å². The van der Waals surface area contributed by atoms with Gasteiger partial charge in [0.05, 0.1) is 23.3 Å². The molecule has 1 aromatic heterocycles. The van der Waals surface area contributed by atoms with E-state index >= 15 is 0 Å². The van der Waals surface area contributed by atoms with Gasteiger partial charge >= 0.3 is 0 Å². The lowest BCUT2D eigenvalue weighted by atomic mass is 10.1. The molecule has 1 N–H and O–H groups in total. The Morgan fingerprint density at radius 1 is 1.42 bits per heavy atom. The Labute approximate surface area is 116 Å². The molecule has 3 rings (SSSR count). The summed E-state index contributed by atoms with van der Waals surface area (Å²) in [4.78, 5) is 16.5. The first-order chi connectivity index (χ1) is 8.75. The summed E-state index contributed by atoms with van der Waals surface area (Å²) >= 11 is 0. The second-order valence-corrected chi connectivity index (χ2v) is 4.62. The maximum Gasteiger partial charge on any atom is 0.261 e. The van der Waals surface area contributed by atoms with Crippen molar-refractivity contribution in [2.24, 2.45) is 0 Å². The van der Waals surface area contributed by atoms with E-state index in [1.807, 2.05) is 0 Å². The summed E-state index contributed by atoms with van der Waals surface area (Å²) in [5, 5.41) is 3.61. The fraction of sp³-hybridized carbons (Fsp3) is 0.385. The summed E-state index contributed by atoms with van der Waals surface area (Å²) in [6.45, 7) is 1.75. The number of halogens is 2. The molecule has 1 aromatic carbocycles. The molecule has 1 atom stereocenters. The monoisotopic (exact) mass is 283 g/mol. The second kappa shape index (κ2) is 5.67. The van der Waals surface area contributed by atoms with Crippen molar-refractivity contribution in [2.45, 2.75) is 18.9 Å². The minimum atomic E-state index is -0.402. The van der Waals surface area contributed by atoms with Gasteiger partial charge in [-0.05, 0) is 37.6 Å². The summed E-state index contributed by atoms with van der Waals surface area (Å²) in [6, 6.07) is 4.24. The molecular formula is C13H15ClFN3O. The van der Waals surface area contributed by atoms with E-state index in [9.17, 15) is 9.18 Å². The Bertz CT molecular complexity index is 637. The maximum absolute atomic E-state index is 13.2. The van der Waals surface area contributed by atoms with Gasteiger partial charge in [-0.25, -0.2) is 9.37 Å². The van der Waals surface area contributed by atoms with Gasteiger partial charge in [0.2, 0.25) is 0 Å². The largest absolute Gasteiger partial charge is 0.315 e. The molecule has 6 heteroatoms. The molecule has 2 aromatic rings. The zero-order valence-electron chi connectivity index (χ0n) is 10.3. The zero-order valence-corrected chi connectivity index (χ0v) is 11.1. The molecule has 19 heavy (non-hydrogen) atoms. The van der Waals surface area contributed by atoms with Crippen LogP contribution in [0, 0.1) is 5.82 Å². The molecule has 1 aliphatic heterocycles. The van der Waals surface area contributed by atoms with Crippen LogP contribution in [0.25, 0.3) is 10.9 Å². The molecule has 1 aliphatic rings. The standard InChI is InChI=1S/C13H14FN3O.ClH/c14-9-3-4-12-11(6-9)13(18)17(8-16-12)10-2-1-5-15-7-10;/h3-4,6,8,10,15H,1-2,5,7H2;1H. The van der Waals surface area contributed by atoms with Gasteiger partial charge in [0.25, 0.3) is 5.56 Å². The highest BCUT2D eigenvalue weighted by molar-refractivity contribution is 5.85. The van der Waals surface area contributed by atoms with Gasteiger partial charge in [-0.1, -0.05) is 0 Å². The van der Waals surface area contributed by atoms with Crippen molar-refractivity contribution in [3.05, 3.63) is 40.7 Å². The molecule has 1 unspecified atom stereocenters. The maximum atomic E-state index is 13.2. The number of benzene rings is 1. The van der Waals surface area contributed by atoms with Gasteiger partial charge in [0.1, 0.15) is 5.82 Å². The van der Waals surface area contributed by atoms with Crippen LogP contribution >= 0.6 is 12.4 Å². The summed E-state index contributed by atoms with van der Waals surface area (Å²) in [5.74, 6) is -0.402. The number of aromatic nitrogens is 2. The lowest BCUT2D eigenvalue weighted by Crippen LogP contribution is -2.36. The predicted molar refractivity (Wildman–Crippen MR) is 74.3 cm³/mol. The second-order valence-electron chi connectivity index (χ2n) is 4.62. The number of nitrogens with zero attached hydrogens (tertiary/aromatic N) is 2. The normalized spacial score (nSPS) is 19.1. The third kappa shape index (κ3) is 2.62. The SMILES string of the molecule is Cl.O=c1c2cc(F)ccc2ncn1C1CCCNC1. The van der Waals surface area contributed by atoms with E-state index in [0.29, 0.717) is 10.9 Å². The van der Waals surface area contributed by atoms with E-state index in [4.69, 9.17) is 0 Å². The van der Waals surface area contributed by atoms with Crippen LogP contribution in [0.15, 0.2) is 29.3 Å². The third-order valence-corrected chi connectivity index (χ3v) is 3.41. The molecule has 102 valence electrons. The van der Waals surface area contributed by atoms with Gasteiger partial charge in [0.15, 0.2) is 0 Å². The van der Waals surface area contributed by atoms with Crippen LogP contribution in [0.5, 0.6) is 0 Å². The van der Waals surface area contributed by atoms with Crippen molar-refractivity contribution < 1.29 is 4.39 Å². The zero-order chi connectivity index (χ0) is 12.5.